The van der Waals surface area contributed by atoms with E-state index in [0.717, 1.165) is 28.2 Å². The lowest BCUT2D eigenvalue weighted by atomic mass is 10.3. The summed E-state index contributed by atoms with van der Waals surface area (Å²) >= 11 is 3.54. The molecule has 0 radical (unpaired) electrons. The summed E-state index contributed by atoms with van der Waals surface area (Å²) in [4.78, 5) is 6.62. The smallest absolute Gasteiger partial charge is 0.155 e. The number of hydrogen-bond acceptors (Lipinski definition) is 4. The Bertz CT molecular complexity index is 549. The fourth-order valence-electron chi connectivity index (χ4n) is 1.69. The molecule has 0 aliphatic heterocycles. The van der Waals surface area contributed by atoms with E-state index in [1.165, 1.54) is 0 Å². The zero-order valence-electron chi connectivity index (χ0n) is 10.9. The Hall–Kier alpha value is -1.14. The molecule has 2 aromatic rings. The molecular formula is C12H18BrN5. The second-order valence-corrected chi connectivity index (χ2v) is 5.31. The maximum atomic E-state index is 5.57. The molecule has 0 amide bonds. The average Bonchev–Trinajstić information content (AvgIpc) is 2.66. The van der Waals surface area contributed by atoms with Crippen LogP contribution in [0, 0.1) is 0 Å². The lowest BCUT2D eigenvalue weighted by Gasteiger charge is -2.22. The monoisotopic (exact) mass is 311 g/mol. The van der Waals surface area contributed by atoms with E-state index in [1.807, 2.05) is 23.7 Å². The Labute approximate surface area is 115 Å². The molecule has 0 aromatic carbocycles. The van der Waals surface area contributed by atoms with E-state index in [9.17, 15) is 0 Å². The van der Waals surface area contributed by atoms with Gasteiger partial charge in [0.25, 0.3) is 0 Å². The number of aromatic nitrogens is 3. The van der Waals surface area contributed by atoms with Crippen LogP contribution < -0.4 is 10.6 Å². The predicted octanol–water partition coefficient (Wildman–Crippen LogP) is 1.84. The molecule has 2 rings (SSSR count). The van der Waals surface area contributed by atoms with Crippen LogP contribution in [-0.4, -0.2) is 34.2 Å². The molecule has 0 aliphatic carbocycles. The van der Waals surface area contributed by atoms with Crippen LogP contribution in [0.1, 0.15) is 19.5 Å². The summed E-state index contributed by atoms with van der Waals surface area (Å²) in [6.07, 6.45) is 0.749. The number of nitrogens with two attached hydrogens (primary N) is 1. The largest absolute Gasteiger partial charge is 0.356 e. The molecule has 0 bridgehead atoms. The first-order chi connectivity index (χ1) is 8.54. The van der Waals surface area contributed by atoms with Gasteiger partial charge in [0.15, 0.2) is 5.65 Å². The minimum Gasteiger partial charge on any atom is -0.356 e. The van der Waals surface area contributed by atoms with E-state index >= 15 is 0 Å². The maximum absolute atomic E-state index is 5.57. The third-order valence-electron chi connectivity index (χ3n) is 2.99. The molecule has 98 valence electrons. The average molecular weight is 312 g/mol. The fourth-order valence-corrected chi connectivity index (χ4v) is 2.24. The van der Waals surface area contributed by atoms with E-state index < -0.39 is 0 Å². The summed E-state index contributed by atoms with van der Waals surface area (Å²) in [5.41, 5.74) is 7.36. The van der Waals surface area contributed by atoms with Crippen LogP contribution in [0.4, 0.5) is 5.82 Å². The number of anilines is 1. The van der Waals surface area contributed by atoms with Gasteiger partial charge in [0, 0.05) is 19.5 Å². The van der Waals surface area contributed by atoms with Gasteiger partial charge in [0.05, 0.1) is 5.69 Å². The van der Waals surface area contributed by atoms with Gasteiger partial charge in [0.1, 0.15) is 10.4 Å². The zero-order valence-corrected chi connectivity index (χ0v) is 12.5. The molecule has 2 aromatic heterocycles. The number of fused-ring (bicyclic) bond motifs is 1. The molecule has 0 unspecified atom stereocenters. The van der Waals surface area contributed by atoms with Gasteiger partial charge in [-0.1, -0.05) is 0 Å². The van der Waals surface area contributed by atoms with Crippen LogP contribution >= 0.6 is 15.9 Å². The van der Waals surface area contributed by atoms with E-state index in [1.54, 1.807) is 0 Å². The van der Waals surface area contributed by atoms with Crippen molar-refractivity contribution in [3.63, 3.8) is 0 Å². The first kappa shape index (κ1) is 13.3. The van der Waals surface area contributed by atoms with Gasteiger partial charge in [-0.2, -0.15) is 0 Å². The van der Waals surface area contributed by atoms with Crippen molar-refractivity contribution >= 4 is 27.4 Å². The molecule has 0 aliphatic rings. The van der Waals surface area contributed by atoms with Crippen molar-refractivity contribution < 1.29 is 0 Å². The lowest BCUT2D eigenvalue weighted by Crippen LogP contribution is -2.27. The topological polar surface area (TPSA) is 59.5 Å². The molecule has 0 saturated heterocycles. The lowest BCUT2D eigenvalue weighted by molar-refractivity contribution is 0.726. The van der Waals surface area contributed by atoms with Gasteiger partial charge in [-0.05, 0) is 48.5 Å². The SMILES string of the molecule is CC(C)N(C)c1ccc2nc(CCN)c(Br)n2n1. The van der Waals surface area contributed by atoms with Gasteiger partial charge in [-0.3, -0.25) is 0 Å². The van der Waals surface area contributed by atoms with Crippen molar-refractivity contribution in [3.05, 3.63) is 22.4 Å². The Balaban J connectivity index is 2.47. The first-order valence-corrected chi connectivity index (χ1v) is 6.81. The first-order valence-electron chi connectivity index (χ1n) is 6.01. The van der Waals surface area contributed by atoms with E-state index in [2.05, 4.69) is 44.8 Å². The highest BCUT2D eigenvalue weighted by molar-refractivity contribution is 9.10. The van der Waals surface area contributed by atoms with Gasteiger partial charge in [0.2, 0.25) is 0 Å². The summed E-state index contributed by atoms with van der Waals surface area (Å²) in [5.74, 6) is 0.926. The summed E-state index contributed by atoms with van der Waals surface area (Å²) in [5, 5.41) is 4.59. The van der Waals surface area contributed by atoms with Gasteiger partial charge < -0.3 is 10.6 Å². The van der Waals surface area contributed by atoms with Crippen LogP contribution in [0.25, 0.3) is 5.65 Å². The number of nitrogens with zero attached hydrogens (tertiary/aromatic N) is 4. The van der Waals surface area contributed by atoms with Crippen LogP contribution in [0.2, 0.25) is 0 Å². The second-order valence-electron chi connectivity index (χ2n) is 4.55. The normalized spacial score (nSPS) is 11.4. The molecule has 6 heteroatoms. The Morgan fingerprint density at radius 3 is 2.78 bits per heavy atom. The molecule has 5 nitrogen and oxygen atoms in total. The summed E-state index contributed by atoms with van der Waals surface area (Å²) in [7, 11) is 2.03. The standard InChI is InChI=1S/C12H18BrN5/c1-8(2)17(3)11-5-4-10-15-9(6-7-14)12(13)18(10)16-11/h4-5,8H,6-7,14H2,1-3H3. The number of hydrogen-bond donors (Lipinski definition) is 1. The molecule has 2 N–H and O–H groups in total. The van der Waals surface area contributed by atoms with Crippen LogP contribution in [0.15, 0.2) is 16.7 Å². The van der Waals surface area contributed by atoms with Crippen molar-refractivity contribution in [2.45, 2.75) is 26.3 Å². The second kappa shape index (κ2) is 5.24. The highest BCUT2D eigenvalue weighted by Gasteiger charge is 2.13. The molecule has 2 heterocycles. The third kappa shape index (κ3) is 2.35. The molecule has 0 atom stereocenters. The Morgan fingerprint density at radius 1 is 1.44 bits per heavy atom. The zero-order chi connectivity index (χ0) is 13.3. The highest BCUT2D eigenvalue weighted by Crippen LogP contribution is 2.21. The summed E-state index contributed by atoms with van der Waals surface area (Å²) < 4.78 is 2.71. The maximum Gasteiger partial charge on any atom is 0.155 e. The molecular weight excluding hydrogens is 294 g/mol. The Morgan fingerprint density at radius 2 is 2.17 bits per heavy atom. The minimum atomic E-state index is 0.403. The number of halogens is 1. The van der Waals surface area contributed by atoms with E-state index in [-0.39, 0.29) is 0 Å². The molecule has 0 fully saturated rings. The third-order valence-corrected chi connectivity index (χ3v) is 3.79. The minimum absolute atomic E-state index is 0.403. The van der Waals surface area contributed by atoms with E-state index in [4.69, 9.17) is 5.73 Å². The van der Waals surface area contributed by atoms with Crippen molar-refractivity contribution in [2.75, 3.05) is 18.5 Å². The number of rotatable bonds is 4. The van der Waals surface area contributed by atoms with Crippen LogP contribution in [0.3, 0.4) is 0 Å². The summed E-state index contributed by atoms with van der Waals surface area (Å²) in [6.45, 7) is 4.85. The van der Waals surface area contributed by atoms with Crippen molar-refractivity contribution in [1.82, 2.24) is 14.6 Å². The van der Waals surface area contributed by atoms with Gasteiger partial charge in [-0.25, -0.2) is 9.50 Å². The molecule has 0 spiro atoms. The summed E-state index contributed by atoms with van der Waals surface area (Å²) in [6, 6.07) is 4.37. The van der Waals surface area contributed by atoms with Crippen LogP contribution in [0.5, 0.6) is 0 Å². The van der Waals surface area contributed by atoms with Gasteiger partial charge in [-0.15, -0.1) is 5.10 Å². The van der Waals surface area contributed by atoms with Crippen molar-refractivity contribution in [2.24, 2.45) is 5.73 Å². The Kier molecular flexibility index (Phi) is 3.87. The van der Waals surface area contributed by atoms with Crippen molar-refractivity contribution in [3.8, 4) is 0 Å². The van der Waals surface area contributed by atoms with Crippen LogP contribution in [-0.2, 0) is 6.42 Å². The fraction of sp³-hybridized carbons (Fsp3) is 0.500. The quantitative estimate of drug-likeness (QED) is 0.936. The number of imidazole rings is 1. The van der Waals surface area contributed by atoms with Crippen molar-refractivity contribution in [1.29, 1.82) is 0 Å². The highest BCUT2D eigenvalue weighted by atomic mass is 79.9. The molecule has 18 heavy (non-hydrogen) atoms. The molecule has 0 saturated carbocycles. The predicted molar refractivity (Wildman–Crippen MR) is 77.0 cm³/mol. The van der Waals surface area contributed by atoms with Gasteiger partial charge >= 0.3 is 0 Å². The van der Waals surface area contributed by atoms with E-state index in [0.29, 0.717) is 12.6 Å².